The standard InChI is InChI=1S/C12H21NO2/c1-12(2,3)15-11(14)9-5-7-10(13-4)8-6-9/h9-10H,4-8H2,1-3H3. The number of carbonyl (C=O) groups excluding carboxylic acids is 1. The fraction of sp³-hybridized carbons (Fsp3) is 0.833. The van der Waals surface area contributed by atoms with E-state index in [0.29, 0.717) is 6.04 Å². The molecule has 0 bridgehead atoms. The Kier molecular flexibility index (Phi) is 3.89. The van der Waals surface area contributed by atoms with Gasteiger partial charge in [0.1, 0.15) is 5.60 Å². The van der Waals surface area contributed by atoms with Gasteiger partial charge in [-0.3, -0.25) is 9.79 Å². The monoisotopic (exact) mass is 211 g/mol. The highest BCUT2D eigenvalue weighted by Gasteiger charge is 2.29. The first-order chi connectivity index (χ1) is 6.92. The smallest absolute Gasteiger partial charge is 0.309 e. The highest BCUT2D eigenvalue weighted by molar-refractivity contribution is 5.73. The topological polar surface area (TPSA) is 38.7 Å². The summed E-state index contributed by atoms with van der Waals surface area (Å²) >= 11 is 0. The molecule has 0 unspecified atom stereocenters. The van der Waals surface area contributed by atoms with Crippen LogP contribution < -0.4 is 0 Å². The molecule has 3 nitrogen and oxygen atoms in total. The van der Waals surface area contributed by atoms with Crippen LogP contribution >= 0.6 is 0 Å². The molecule has 0 aromatic carbocycles. The Morgan fingerprint density at radius 2 is 1.80 bits per heavy atom. The second-order valence-electron chi connectivity index (χ2n) is 5.22. The van der Waals surface area contributed by atoms with Crippen LogP contribution in [0.3, 0.4) is 0 Å². The average molecular weight is 211 g/mol. The molecule has 86 valence electrons. The number of carbonyl (C=O) groups is 1. The van der Waals surface area contributed by atoms with Gasteiger partial charge in [-0.15, -0.1) is 0 Å². The number of aliphatic imine (C=N–C) groups is 1. The maximum Gasteiger partial charge on any atom is 0.309 e. The molecule has 1 saturated carbocycles. The van der Waals surface area contributed by atoms with Gasteiger partial charge in [0.2, 0.25) is 0 Å². The van der Waals surface area contributed by atoms with E-state index in [-0.39, 0.29) is 17.5 Å². The van der Waals surface area contributed by atoms with Gasteiger partial charge in [0.15, 0.2) is 0 Å². The molecule has 15 heavy (non-hydrogen) atoms. The van der Waals surface area contributed by atoms with Crippen LogP contribution in [0.15, 0.2) is 4.99 Å². The minimum absolute atomic E-state index is 0.0509. The maximum atomic E-state index is 11.7. The summed E-state index contributed by atoms with van der Waals surface area (Å²) in [6, 6.07) is 0.351. The summed E-state index contributed by atoms with van der Waals surface area (Å²) < 4.78 is 5.36. The Morgan fingerprint density at radius 1 is 1.27 bits per heavy atom. The lowest BCUT2D eigenvalue weighted by Crippen LogP contribution is -2.31. The minimum Gasteiger partial charge on any atom is -0.460 e. The summed E-state index contributed by atoms with van der Waals surface area (Å²) in [5.41, 5.74) is -0.370. The fourth-order valence-corrected chi connectivity index (χ4v) is 1.88. The van der Waals surface area contributed by atoms with Crippen LogP contribution in [0.2, 0.25) is 0 Å². The quantitative estimate of drug-likeness (QED) is 0.520. The summed E-state index contributed by atoms with van der Waals surface area (Å²) in [7, 11) is 0. The molecule has 0 aromatic rings. The van der Waals surface area contributed by atoms with Gasteiger partial charge < -0.3 is 4.74 Å². The second kappa shape index (κ2) is 4.77. The van der Waals surface area contributed by atoms with E-state index >= 15 is 0 Å². The predicted molar refractivity (Wildman–Crippen MR) is 61.1 cm³/mol. The Hall–Kier alpha value is -0.860. The van der Waals surface area contributed by atoms with E-state index in [1.165, 1.54) is 0 Å². The molecule has 0 saturated heterocycles. The van der Waals surface area contributed by atoms with Gasteiger partial charge in [0.05, 0.1) is 5.92 Å². The van der Waals surface area contributed by atoms with Crippen molar-refractivity contribution in [3.05, 3.63) is 0 Å². The van der Waals surface area contributed by atoms with E-state index in [9.17, 15) is 4.79 Å². The Bertz CT molecular complexity index is 234. The first-order valence-corrected chi connectivity index (χ1v) is 5.61. The van der Waals surface area contributed by atoms with Crippen LogP contribution in [-0.4, -0.2) is 24.3 Å². The van der Waals surface area contributed by atoms with Crippen molar-refractivity contribution in [3.63, 3.8) is 0 Å². The van der Waals surface area contributed by atoms with E-state index in [0.717, 1.165) is 25.7 Å². The summed E-state index contributed by atoms with van der Waals surface area (Å²) in [5.74, 6) is 0.0206. The molecule has 0 spiro atoms. The van der Waals surface area contributed by atoms with Gasteiger partial charge in [0, 0.05) is 6.04 Å². The lowest BCUT2D eigenvalue weighted by molar-refractivity contribution is -0.161. The van der Waals surface area contributed by atoms with Crippen molar-refractivity contribution in [2.75, 3.05) is 0 Å². The van der Waals surface area contributed by atoms with Crippen LogP contribution in [0.25, 0.3) is 0 Å². The fourth-order valence-electron chi connectivity index (χ4n) is 1.88. The minimum atomic E-state index is -0.370. The summed E-state index contributed by atoms with van der Waals surface area (Å²) in [6.07, 6.45) is 3.71. The summed E-state index contributed by atoms with van der Waals surface area (Å²) in [4.78, 5) is 15.8. The molecule has 0 amide bonds. The van der Waals surface area contributed by atoms with Crippen LogP contribution in [0.5, 0.6) is 0 Å². The van der Waals surface area contributed by atoms with Crippen LogP contribution in [-0.2, 0) is 9.53 Å². The maximum absolute atomic E-state index is 11.7. The zero-order valence-electron chi connectivity index (χ0n) is 9.95. The van der Waals surface area contributed by atoms with Crippen molar-refractivity contribution in [1.29, 1.82) is 0 Å². The molecule has 3 heteroatoms. The molecule has 0 aromatic heterocycles. The molecule has 1 rings (SSSR count). The van der Waals surface area contributed by atoms with E-state index in [2.05, 4.69) is 11.7 Å². The third-order valence-electron chi connectivity index (χ3n) is 2.70. The Labute approximate surface area is 91.9 Å². The van der Waals surface area contributed by atoms with Gasteiger partial charge in [0.25, 0.3) is 0 Å². The van der Waals surface area contributed by atoms with Crippen LogP contribution in [0, 0.1) is 5.92 Å². The Balaban J connectivity index is 2.40. The molecule has 0 heterocycles. The molecule has 0 N–H and O–H groups in total. The number of hydrogen-bond donors (Lipinski definition) is 0. The lowest BCUT2D eigenvalue weighted by Gasteiger charge is -2.28. The number of rotatable bonds is 2. The molecule has 0 aliphatic heterocycles. The van der Waals surface area contributed by atoms with Crippen molar-refractivity contribution >= 4 is 12.7 Å². The van der Waals surface area contributed by atoms with Crippen molar-refractivity contribution in [2.45, 2.75) is 58.1 Å². The van der Waals surface area contributed by atoms with E-state index in [4.69, 9.17) is 4.74 Å². The summed E-state index contributed by atoms with van der Waals surface area (Å²) in [6.45, 7) is 9.26. The molecular weight excluding hydrogens is 190 g/mol. The average Bonchev–Trinajstić information content (AvgIpc) is 2.15. The zero-order chi connectivity index (χ0) is 11.5. The molecule has 1 fully saturated rings. The molecule has 0 atom stereocenters. The predicted octanol–water partition coefficient (Wildman–Crippen LogP) is 2.59. The molecule has 1 aliphatic carbocycles. The first-order valence-electron chi connectivity index (χ1n) is 5.61. The molecule has 1 aliphatic rings. The van der Waals surface area contributed by atoms with E-state index < -0.39 is 0 Å². The normalized spacial score (nSPS) is 27.1. The molecular formula is C12H21NO2. The van der Waals surface area contributed by atoms with Crippen molar-refractivity contribution in [1.82, 2.24) is 0 Å². The molecule has 0 radical (unpaired) electrons. The van der Waals surface area contributed by atoms with Crippen molar-refractivity contribution < 1.29 is 9.53 Å². The van der Waals surface area contributed by atoms with Crippen molar-refractivity contribution in [2.24, 2.45) is 10.9 Å². The van der Waals surface area contributed by atoms with Gasteiger partial charge in [-0.25, -0.2) is 0 Å². The van der Waals surface area contributed by atoms with Gasteiger partial charge in [-0.1, -0.05) is 0 Å². The second-order valence-corrected chi connectivity index (χ2v) is 5.22. The lowest BCUT2D eigenvalue weighted by atomic mass is 9.86. The number of esters is 1. The number of hydrogen-bond acceptors (Lipinski definition) is 3. The summed E-state index contributed by atoms with van der Waals surface area (Å²) in [5, 5.41) is 0. The number of ether oxygens (including phenoxy) is 1. The third kappa shape index (κ3) is 4.02. The highest BCUT2D eigenvalue weighted by Crippen LogP contribution is 2.28. The van der Waals surface area contributed by atoms with Gasteiger partial charge >= 0.3 is 5.97 Å². The third-order valence-corrected chi connectivity index (χ3v) is 2.70. The zero-order valence-corrected chi connectivity index (χ0v) is 9.95. The van der Waals surface area contributed by atoms with Gasteiger partial charge in [-0.2, -0.15) is 0 Å². The van der Waals surface area contributed by atoms with Crippen LogP contribution in [0.1, 0.15) is 46.5 Å². The van der Waals surface area contributed by atoms with Gasteiger partial charge in [-0.05, 0) is 53.2 Å². The first kappa shape index (κ1) is 12.2. The Morgan fingerprint density at radius 3 is 2.20 bits per heavy atom. The van der Waals surface area contributed by atoms with E-state index in [1.807, 2.05) is 20.8 Å². The number of nitrogens with zero attached hydrogens (tertiary/aromatic N) is 1. The van der Waals surface area contributed by atoms with Crippen molar-refractivity contribution in [3.8, 4) is 0 Å². The van der Waals surface area contributed by atoms with Crippen LogP contribution in [0.4, 0.5) is 0 Å². The highest BCUT2D eigenvalue weighted by atomic mass is 16.6. The largest absolute Gasteiger partial charge is 0.460 e. The SMILES string of the molecule is C=NC1CCC(C(=O)OC(C)(C)C)CC1. The van der Waals surface area contributed by atoms with E-state index in [1.54, 1.807) is 0 Å².